The van der Waals surface area contributed by atoms with Crippen LogP contribution in [0.3, 0.4) is 0 Å². The highest BCUT2D eigenvalue weighted by atomic mass is 16.5. The van der Waals surface area contributed by atoms with Crippen LogP contribution >= 0.6 is 0 Å². The van der Waals surface area contributed by atoms with E-state index in [0.717, 1.165) is 16.0 Å². The number of aryl methyl sites for hydroxylation is 1. The Labute approximate surface area is 383 Å². The summed E-state index contributed by atoms with van der Waals surface area (Å²) in [6, 6.07) is 13.9. The molecule has 1 aliphatic rings. The number of carbonyl (C=O) groups excluding carboxylic acids is 5. The van der Waals surface area contributed by atoms with E-state index < -0.39 is 60.3 Å². The van der Waals surface area contributed by atoms with Crippen LogP contribution in [0.2, 0.25) is 0 Å². The summed E-state index contributed by atoms with van der Waals surface area (Å²) in [5.41, 5.74) is 21.6. The van der Waals surface area contributed by atoms with Gasteiger partial charge in [0, 0.05) is 49.4 Å². The molecule has 4 aromatic rings. The van der Waals surface area contributed by atoms with Gasteiger partial charge in [-0.05, 0) is 66.3 Å². The van der Waals surface area contributed by atoms with Gasteiger partial charge in [0.2, 0.25) is 23.6 Å². The number of aliphatic hydroxyl groups is 1. The van der Waals surface area contributed by atoms with E-state index in [2.05, 4.69) is 52.0 Å². The van der Waals surface area contributed by atoms with E-state index in [4.69, 9.17) is 31.9 Å². The van der Waals surface area contributed by atoms with Gasteiger partial charge in [0.25, 0.3) is 5.91 Å². The smallest absolute Gasteiger partial charge is 0.255 e. The predicted octanol–water partition coefficient (Wildman–Crippen LogP) is 0.896. The number of fused-ring (bicyclic) bond motifs is 5. The SMILES string of the molecule is Cc1nc(-c2ccc(C(C)(C)C)cc2)ncc1C(=O)NC(CCN)C(=O)N(C)C1C(=O)NC(CO)C(=O)NC(C(=O)NCC#N)Cc2ccc(OCCN)c(c2)-c2cc1ccc2OCCN. The third kappa shape index (κ3) is 12.2. The minimum atomic E-state index is -1.60. The van der Waals surface area contributed by atoms with Gasteiger partial charge in [-0.1, -0.05) is 57.2 Å². The first kappa shape index (κ1) is 50.0. The van der Waals surface area contributed by atoms with Crippen LogP contribution < -0.4 is 47.9 Å². The normalized spacial score (nSPS) is 16.6. The molecular formula is C47H59N11O8. The van der Waals surface area contributed by atoms with E-state index in [1.807, 2.05) is 30.3 Å². The molecule has 350 valence electrons. The Bertz CT molecular complexity index is 2430. The average Bonchev–Trinajstić information content (AvgIpc) is 3.30. The lowest BCUT2D eigenvalue weighted by Gasteiger charge is -2.33. The summed E-state index contributed by atoms with van der Waals surface area (Å²) in [5, 5.41) is 30.0. The molecule has 0 fully saturated rings. The first-order valence-electron chi connectivity index (χ1n) is 21.6. The molecule has 4 bridgehead atoms. The summed E-state index contributed by atoms with van der Waals surface area (Å²) in [5.74, 6) is -2.77. The number of nitrogens with two attached hydrogens (primary N) is 3. The summed E-state index contributed by atoms with van der Waals surface area (Å²) < 4.78 is 12.1. The van der Waals surface area contributed by atoms with Crippen molar-refractivity contribution in [3.05, 3.63) is 94.8 Å². The lowest BCUT2D eigenvalue weighted by Crippen LogP contribution is -2.57. The van der Waals surface area contributed by atoms with Gasteiger partial charge in [-0.25, -0.2) is 9.97 Å². The molecule has 0 aliphatic carbocycles. The summed E-state index contributed by atoms with van der Waals surface area (Å²) in [6.07, 6.45) is 1.27. The molecule has 0 spiro atoms. The van der Waals surface area contributed by atoms with E-state index in [0.29, 0.717) is 39.7 Å². The van der Waals surface area contributed by atoms with Crippen LogP contribution in [0, 0.1) is 18.3 Å². The Kier molecular flexibility index (Phi) is 17.3. The van der Waals surface area contributed by atoms with Gasteiger partial charge in [-0.15, -0.1) is 0 Å². The number of likely N-dealkylation sites (N-methyl/N-ethyl adjacent to an activating group) is 1. The molecule has 19 nitrogen and oxygen atoms in total. The highest BCUT2D eigenvalue weighted by Crippen LogP contribution is 2.40. The fourth-order valence-corrected chi connectivity index (χ4v) is 7.38. The highest BCUT2D eigenvalue weighted by Gasteiger charge is 2.37. The lowest BCUT2D eigenvalue weighted by molar-refractivity contribution is -0.142. The number of carbonyl (C=O) groups is 5. The van der Waals surface area contributed by atoms with Crippen LogP contribution in [0.1, 0.15) is 66.0 Å². The van der Waals surface area contributed by atoms with Crippen molar-refractivity contribution in [2.24, 2.45) is 17.2 Å². The molecule has 1 aliphatic heterocycles. The van der Waals surface area contributed by atoms with Crippen molar-refractivity contribution in [3.8, 4) is 40.1 Å². The molecule has 4 atom stereocenters. The third-order valence-corrected chi connectivity index (χ3v) is 10.9. The van der Waals surface area contributed by atoms with Crippen molar-refractivity contribution in [3.63, 3.8) is 0 Å². The van der Waals surface area contributed by atoms with Crippen molar-refractivity contribution in [2.45, 2.75) is 70.1 Å². The van der Waals surface area contributed by atoms with Crippen molar-refractivity contribution in [1.82, 2.24) is 36.1 Å². The summed E-state index contributed by atoms with van der Waals surface area (Å²) in [4.78, 5) is 80.5. The van der Waals surface area contributed by atoms with Crippen LogP contribution in [-0.2, 0) is 31.0 Å². The fraction of sp³-hybridized carbons (Fsp3) is 0.404. The Balaban J connectivity index is 1.57. The Morgan fingerprint density at radius 3 is 2.18 bits per heavy atom. The zero-order valence-corrected chi connectivity index (χ0v) is 37.9. The van der Waals surface area contributed by atoms with Crippen molar-refractivity contribution in [2.75, 3.05) is 53.0 Å². The zero-order valence-electron chi connectivity index (χ0n) is 37.9. The second-order valence-electron chi connectivity index (χ2n) is 16.7. The molecule has 0 saturated heterocycles. The van der Waals surface area contributed by atoms with Gasteiger partial charge in [0.05, 0.1) is 23.9 Å². The molecule has 1 aromatic heterocycles. The fourth-order valence-electron chi connectivity index (χ4n) is 7.38. The number of aromatic nitrogens is 2. The second kappa shape index (κ2) is 22.8. The van der Waals surface area contributed by atoms with E-state index in [1.165, 1.54) is 13.2 Å². The minimum absolute atomic E-state index is 0.0323. The molecule has 4 unspecified atom stereocenters. The average molecular weight is 906 g/mol. The minimum Gasteiger partial charge on any atom is -0.492 e. The van der Waals surface area contributed by atoms with E-state index in [-0.39, 0.29) is 68.8 Å². The van der Waals surface area contributed by atoms with Crippen LogP contribution in [-0.4, -0.2) is 121 Å². The largest absolute Gasteiger partial charge is 0.492 e. The maximum absolute atomic E-state index is 14.7. The summed E-state index contributed by atoms with van der Waals surface area (Å²) in [6.45, 7) is 7.30. The Morgan fingerprint density at radius 2 is 1.59 bits per heavy atom. The molecule has 5 rings (SSSR count). The molecule has 11 N–H and O–H groups in total. The zero-order chi connectivity index (χ0) is 48.1. The predicted molar refractivity (Wildman–Crippen MR) is 246 cm³/mol. The topological polar surface area (TPSA) is 303 Å². The number of nitrogens with zero attached hydrogens (tertiary/aromatic N) is 4. The molecule has 0 radical (unpaired) electrons. The molecule has 19 heteroatoms. The molecule has 3 aromatic carbocycles. The first-order chi connectivity index (χ1) is 31.5. The van der Waals surface area contributed by atoms with Crippen LogP contribution in [0.4, 0.5) is 0 Å². The van der Waals surface area contributed by atoms with Gasteiger partial charge in [0.15, 0.2) is 5.82 Å². The van der Waals surface area contributed by atoms with Gasteiger partial charge < -0.3 is 57.9 Å². The number of hydrogen-bond acceptors (Lipinski definition) is 14. The summed E-state index contributed by atoms with van der Waals surface area (Å²) >= 11 is 0. The van der Waals surface area contributed by atoms with Gasteiger partial charge in [0.1, 0.15) is 55.4 Å². The maximum atomic E-state index is 14.7. The number of ether oxygens (including phenoxy) is 2. The molecule has 0 saturated carbocycles. The van der Waals surface area contributed by atoms with Gasteiger partial charge in [-0.2, -0.15) is 5.26 Å². The Morgan fingerprint density at radius 1 is 0.939 bits per heavy atom. The van der Waals surface area contributed by atoms with Gasteiger partial charge in [-0.3, -0.25) is 24.0 Å². The number of nitriles is 1. The molecule has 66 heavy (non-hydrogen) atoms. The number of amides is 5. The number of nitrogens with one attached hydrogen (secondary N) is 4. The Hall–Kier alpha value is -6.98. The van der Waals surface area contributed by atoms with Crippen molar-refractivity contribution in [1.29, 1.82) is 5.26 Å². The monoisotopic (exact) mass is 905 g/mol. The van der Waals surface area contributed by atoms with Crippen molar-refractivity contribution >= 4 is 29.5 Å². The van der Waals surface area contributed by atoms with Crippen molar-refractivity contribution < 1.29 is 38.6 Å². The number of hydrogen-bond donors (Lipinski definition) is 8. The highest BCUT2D eigenvalue weighted by molar-refractivity contribution is 6.00. The quantitative estimate of drug-likeness (QED) is 0.0725. The standard InChI is InChI=1S/C47H59N11O8/c1-27-34(25-53-41(54-27)29-7-10-31(11-8-29)47(2,3)4)42(60)55-35(14-15-48)46(64)58(5)40-30-9-13-39(66-21-18-51)33(24-30)32-22-28(6-12-38(32)65-20-17-50)23-36(43(61)52-19-16-49)56-44(62)37(26-59)57-45(40)63/h6-13,22,24-25,35-37,40,59H,14-15,17-21,23,26,48,50-51H2,1-5H3,(H,52,61)(H,55,60)(H,56,62)(H,57,63). The first-order valence-corrected chi connectivity index (χ1v) is 21.6. The van der Waals surface area contributed by atoms with E-state index in [1.54, 1.807) is 43.3 Å². The third-order valence-electron chi connectivity index (χ3n) is 10.9. The lowest BCUT2D eigenvalue weighted by atomic mass is 9.87. The number of benzene rings is 3. The number of rotatable bonds is 16. The van der Waals surface area contributed by atoms with E-state index in [9.17, 15) is 29.1 Å². The maximum Gasteiger partial charge on any atom is 0.255 e. The van der Waals surface area contributed by atoms with E-state index >= 15 is 0 Å². The molecule has 2 heterocycles. The van der Waals surface area contributed by atoms with Crippen LogP contribution in [0.25, 0.3) is 22.5 Å². The second-order valence-corrected chi connectivity index (χ2v) is 16.7. The molecule has 5 amide bonds. The van der Waals surface area contributed by atoms with Crippen LogP contribution in [0.5, 0.6) is 11.5 Å². The molecular weight excluding hydrogens is 847 g/mol. The van der Waals surface area contributed by atoms with Gasteiger partial charge >= 0.3 is 0 Å². The number of aliphatic hydroxyl groups excluding tert-OH is 1. The summed E-state index contributed by atoms with van der Waals surface area (Å²) in [7, 11) is 1.36. The van der Waals surface area contributed by atoms with Crippen LogP contribution in [0.15, 0.2) is 66.9 Å².